The third-order valence-corrected chi connectivity index (χ3v) is 7.35. The molecule has 1 amide bonds. The fourth-order valence-corrected chi connectivity index (χ4v) is 4.99. The molecule has 2 N–H and O–H groups in total. The number of aromatic nitrogens is 1. The zero-order chi connectivity index (χ0) is 30.4. The molecular formula is C32H36FN3O6. The van der Waals surface area contributed by atoms with Crippen molar-refractivity contribution in [2.75, 3.05) is 19.4 Å². The number of carbonyl (C=O) groups excluding carboxylic acids is 3. The van der Waals surface area contributed by atoms with Crippen molar-refractivity contribution in [1.29, 1.82) is 0 Å². The molecule has 0 aliphatic heterocycles. The Morgan fingerprint density at radius 1 is 1.00 bits per heavy atom. The normalized spacial score (nSPS) is 14.0. The maximum absolute atomic E-state index is 13.3. The fourth-order valence-electron chi connectivity index (χ4n) is 4.99. The zero-order valence-corrected chi connectivity index (χ0v) is 24.0. The SMILES string of the molecule is CC(C)C[C@@H](C(=O)OC1CCCC1)N(C)C(=O)COc1ccc(-n2c(N)c(C(=O)c3ccc(F)cc3)ccc2=O)cc1. The van der Waals surface area contributed by atoms with E-state index in [-0.39, 0.29) is 47.5 Å². The lowest BCUT2D eigenvalue weighted by Gasteiger charge is -2.29. The Kier molecular flexibility index (Phi) is 9.77. The number of rotatable bonds is 11. The van der Waals surface area contributed by atoms with Crippen molar-refractivity contribution in [1.82, 2.24) is 9.47 Å². The highest BCUT2D eigenvalue weighted by Gasteiger charge is 2.31. The van der Waals surface area contributed by atoms with Gasteiger partial charge in [-0.1, -0.05) is 13.8 Å². The Morgan fingerprint density at radius 3 is 2.26 bits per heavy atom. The lowest BCUT2D eigenvalue weighted by Crippen LogP contribution is -2.46. The number of ketones is 1. The lowest BCUT2D eigenvalue weighted by atomic mass is 10.0. The molecule has 3 aromatic rings. The number of nitrogens with zero attached hydrogens (tertiary/aromatic N) is 2. The second-order valence-electron chi connectivity index (χ2n) is 10.9. The van der Waals surface area contributed by atoms with E-state index in [0.717, 1.165) is 25.7 Å². The van der Waals surface area contributed by atoms with Crippen molar-refractivity contribution >= 4 is 23.5 Å². The van der Waals surface area contributed by atoms with Gasteiger partial charge in [-0.15, -0.1) is 0 Å². The largest absolute Gasteiger partial charge is 0.484 e. The molecule has 4 rings (SSSR count). The molecule has 0 bridgehead atoms. The van der Waals surface area contributed by atoms with E-state index in [9.17, 15) is 23.6 Å². The molecule has 0 spiro atoms. The van der Waals surface area contributed by atoms with Crippen molar-refractivity contribution in [2.24, 2.45) is 5.92 Å². The Bertz CT molecular complexity index is 1480. The van der Waals surface area contributed by atoms with Gasteiger partial charge in [-0.05, 0) is 92.6 Å². The van der Waals surface area contributed by atoms with Gasteiger partial charge in [0.1, 0.15) is 29.5 Å². The smallest absolute Gasteiger partial charge is 0.329 e. The third kappa shape index (κ3) is 7.23. The minimum atomic E-state index is -0.705. The van der Waals surface area contributed by atoms with Gasteiger partial charge < -0.3 is 20.1 Å². The second-order valence-corrected chi connectivity index (χ2v) is 10.9. The van der Waals surface area contributed by atoms with Crippen LogP contribution >= 0.6 is 0 Å². The number of hydrogen-bond donors (Lipinski definition) is 1. The number of esters is 1. The Labute approximate surface area is 244 Å². The van der Waals surface area contributed by atoms with E-state index in [4.69, 9.17) is 15.2 Å². The first-order valence-electron chi connectivity index (χ1n) is 14.1. The number of nitrogen functional groups attached to an aromatic ring is 1. The highest BCUT2D eigenvalue weighted by atomic mass is 19.1. The summed E-state index contributed by atoms with van der Waals surface area (Å²) in [7, 11) is 1.58. The van der Waals surface area contributed by atoms with Crippen molar-refractivity contribution in [3.8, 4) is 11.4 Å². The van der Waals surface area contributed by atoms with Crippen LogP contribution in [-0.4, -0.2) is 52.9 Å². The van der Waals surface area contributed by atoms with E-state index in [2.05, 4.69) is 0 Å². The quantitative estimate of drug-likeness (QED) is 0.263. The van der Waals surface area contributed by atoms with Gasteiger partial charge >= 0.3 is 5.97 Å². The average Bonchev–Trinajstić information content (AvgIpc) is 3.48. The molecule has 1 saturated carbocycles. The van der Waals surface area contributed by atoms with Crippen LogP contribution in [0.25, 0.3) is 5.69 Å². The van der Waals surface area contributed by atoms with Crippen LogP contribution in [0.1, 0.15) is 61.9 Å². The average molecular weight is 578 g/mol. The van der Waals surface area contributed by atoms with E-state index in [1.807, 2.05) is 13.8 Å². The second kappa shape index (κ2) is 13.5. The number of halogens is 1. The molecule has 1 heterocycles. The van der Waals surface area contributed by atoms with E-state index in [1.54, 1.807) is 31.3 Å². The highest BCUT2D eigenvalue weighted by Crippen LogP contribution is 2.24. The van der Waals surface area contributed by atoms with E-state index in [1.165, 1.54) is 45.9 Å². The number of amides is 1. The van der Waals surface area contributed by atoms with Gasteiger partial charge in [-0.25, -0.2) is 9.18 Å². The molecule has 10 heteroatoms. The number of pyridine rings is 1. The number of hydrogen-bond acceptors (Lipinski definition) is 7. The molecule has 0 saturated heterocycles. The number of carbonyl (C=O) groups is 3. The molecule has 1 atom stereocenters. The molecule has 9 nitrogen and oxygen atoms in total. The van der Waals surface area contributed by atoms with Crippen LogP contribution in [0.5, 0.6) is 5.75 Å². The monoisotopic (exact) mass is 577 g/mol. The van der Waals surface area contributed by atoms with Crippen molar-refractivity contribution < 1.29 is 28.2 Å². The molecule has 2 aromatic carbocycles. The van der Waals surface area contributed by atoms with Crippen LogP contribution in [0, 0.1) is 11.7 Å². The number of nitrogens with two attached hydrogens (primary N) is 1. The number of benzene rings is 2. The molecule has 1 aliphatic rings. The first-order chi connectivity index (χ1) is 20.0. The van der Waals surface area contributed by atoms with Crippen LogP contribution in [0.2, 0.25) is 0 Å². The molecule has 0 radical (unpaired) electrons. The van der Waals surface area contributed by atoms with Crippen LogP contribution < -0.4 is 16.0 Å². The van der Waals surface area contributed by atoms with Crippen LogP contribution in [0.3, 0.4) is 0 Å². The molecule has 42 heavy (non-hydrogen) atoms. The summed E-state index contributed by atoms with van der Waals surface area (Å²) in [5.41, 5.74) is 6.50. The third-order valence-electron chi connectivity index (χ3n) is 7.35. The summed E-state index contributed by atoms with van der Waals surface area (Å²) < 4.78 is 25.9. The van der Waals surface area contributed by atoms with Crippen LogP contribution in [-0.2, 0) is 14.3 Å². The van der Waals surface area contributed by atoms with E-state index in [0.29, 0.717) is 17.9 Å². The fraction of sp³-hybridized carbons (Fsp3) is 0.375. The topological polar surface area (TPSA) is 121 Å². The first-order valence-corrected chi connectivity index (χ1v) is 14.1. The summed E-state index contributed by atoms with van der Waals surface area (Å²) in [4.78, 5) is 52.9. The molecular weight excluding hydrogens is 541 g/mol. The molecule has 222 valence electrons. The van der Waals surface area contributed by atoms with E-state index < -0.39 is 23.2 Å². The summed E-state index contributed by atoms with van der Waals surface area (Å²) in [6.07, 6.45) is 4.16. The number of anilines is 1. The minimum absolute atomic E-state index is 0.0667. The van der Waals surface area contributed by atoms with Crippen LogP contribution in [0.15, 0.2) is 65.5 Å². The van der Waals surface area contributed by atoms with Gasteiger partial charge in [0, 0.05) is 18.7 Å². The van der Waals surface area contributed by atoms with Gasteiger partial charge in [0.05, 0.1) is 11.3 Å². The Hall–Kier alpha value is -4.47. The summed E-state index contributed by atoms with van der Waals surface area (Å²) >= 11 is 0. The minimum Gasteiger partial charge on any atom is -0.484 e. The maximum atomic E-state index is 13.3. The highest BCUT2D eigenvalue weighted by molar-refractivity contribution is 6.11. The standard InChI is InChI=1S/C32H36FN3O6/c1-20(2)18-27(32(40)42-25-6-4-5-7-25)35(3)29(38)19-41-24-14-12-23(13-15-24)36-28(37)17-16-26(31(36)34)30(39)21-8-10-22(33)11-9-21/h8-17,20,25,27H,4-7,18-19,34H2,1-3H3/t27-/m0/s1. The number of likely N-dealkylation sites (N-methyl/N-ethyl adjacent to an activating group) is 1. The van der Waals surface area contributed by atoms with E-state index >= 15 is 0 Å². The summed E-state index contributed by atoms with van der Waals surface area (Å²) in [5, 5.41) is 0. The molecule has 1 aromatic heterocycles. The summed E-state index contributed by atoms with van der Waals surface area (Å²) in [6.45, 7) is 3.67. The first kappa shape index (κ1) is 30.5. The van der Waals surface area contributed by atoms with Gasteiger partial charge in [0.25, 0.3) is 11.5 Å². The molecule has 1 fully saturated rings. The van der Waals surface area contributed by atoms with Crippen molar-refractivity contribution in [3.05, 3.63) is 88.0 Å². The van der Waals surface area contributed by atoms with Crippen LogP contribution in [0.4, 0.5) is 10.2 Å². The van der Waals surface area contributed by atoms with Crippen molar-refractivity contribution in [2.45, 2.75) is 58.1 Å². The Balaban J connectivity index is 1.44. The molecule has 1 aliphatic carbocycles. The maximum Gasteiger partial charge on any atom is 0.329 e. The lowest BCUT2D eigenvalue weighted by molar-refractivity contribution is -0.159. The summed E-state index contributed by atoms with van der Waals surface area (Å²) in [6, 6.07) is 13.2. The number of ether oxygens (including phenoxy) is 2. The zero-order valence-electron chi connectivity index (χ0n) is 24.0. The van der Waals surface area contributed by atoms with Gasteiger partial charge in [0.15, 0.2) is 12.4 Å². The van der Waals surface area contributed by atoms with Gasteiger partial charge in [-0.3, -0.25) is 19.0 Å². The summed E-state index contributed by atoms with van der Waals surface area (Å²) in [5.74, 6) is -1.22. The van der Waals surface area contributed by atoms with Gasteiger partial charge in [-0.2, -0.15) is 0 Å². The Morgan fingerprint density at radius 2 is 1.64 bits per heavy atom. The van der Waals surface area contributed by atoms with Crippen molar-refractivity contribution in [3.63, 3.8) is 0 Å². The predicted molar refractivity (Wildman–Crippen MR) is 156 cm³/mol. The predicted octanol–water partition coefficient (Wildman–Crippen LogP) is 4.53. The van der Waals surface area contributed by atoms with Gasteiger partial charge in [0.2, 0.25) is 0 Å². The molecule has 0 unspecified atom stereocenters.